The molecule has 88 valence electrons. The van der Waals surface area contributed by atoms with Crippen molar-refractivity contribution in [3.05, 3.63) is 53.2 Å². The number of halogens is 1. The Morgan fingerprint density at radius 2 is 1.88 bits per heavy atom. The lowest BCUT2D eigenvalue weighted by molar-refractivity contribution is 0.883. The highest BCUT2D eigenvalue weighted by Crippen LogP contribution is 2.20. The molecular formula is C13H14ClN3. The molecule has 2 aromatic rings. The van der Waals surface area contributed by atoms with Gasteiger partial charge in [0.1, 0.15) is 5.82 Å². The highest BCUT2D eigenvalue weighted by Gasteiger charge is 2.05. The first-order valence-electron chi connectivity index (χ1n) is 5.38. The summed E-state index contributed by atoms with van der Waals surface area (Å²) in [4.78, 5) is 4.03. The van der Waals surface area contributed by atoms with E-state index >= 15 is 0 Å². The van der Waals surface area contributed by atoms with E-state index < -0.39 is 0 Å². The molecule has 0 bridgehead atoms. The van der Waals surface area contributed by atoms with Gasteiger partial charge in [-0.25, -0.2) is 4.98 Å². The number of hydrogen-bond acceptors (Lipinski definition) is 3. The number of aromatic nitrogens is 1. The van der Waals surface area contributed by atoms with Gasteiger partial charge in [-0.15, -0.1) is 0 Å². The smallest absolute Gasteiger partial charge is 0.123 e. The molecule has 1 aromatic carbocycles. The van der Waals surface area contributed by atoms with Crippen molar-refractivity contribution in [1.82, 2.24) is 4.98 Å². The second-order valence-electron chi connectivity index (χ2n) is 3.89. The SMILES string of the molecule is CC(Nc1ccc(N)nc1)c1ccc(Cl)cc1. The summed E-state index contributed by atoms with van der Waals surface area (Å²) in [5.74, 6) is 0.523. The average Bonchev–Trinajstić information content (AvgIpc) is 2.33. The third-order valence-corrected chi connectivity index (χ3v) is 2.79. The molecule has 0 amide bonds. The fraction of sp³-hybridized carbons (Fsp3) is 0.154. The van der Waals surface area contributed by atoms with Crippen LogP contribution in [-0.4, -0.2) is 4.98 Å². The highest BCUT2D eigenvalue weighted by atomic mass is 35.5. The predicted octanol–water partition coefficient (Wildman–Crippen LogP) is 3.49. The largest absolute Gasteiger partial charge is 0.384 e. The van der Waals surface area contributed by atoms with E-state index in [1.165, 1.54) is 5.56 Å². The van der Waals surface area contributed by atoms with Gasteiger partial charge in [0, 0.05) is 11.1 Å². The van der Waals surface area contributed by atoms with E-state index in [0.29, 0.717) is 5.82 Å². The zero-order chi connectivity index (χ0) is 12.3. The standard InChI is InChI=1S/C13H14ClN3/c1-9(10-2-4-11(14)5-3-10)17-12-6-7-13(15)16-8-12/h2-9,17H,1H3,(H2,15,16). The van der Waals surface area contributed by atoms with Crippen molar-refractivity contribution in [2.45, 2.75) is 13.0 Å². The van der Waals surface area contributed by atoms with E-state index in [0.717, 1.165) is 10.7 Å². The van der Waals surface area contributed by atoms with E-state index in [9.17, 15) is 0 Å². The van der Waals surface area contributed by atoms with Crippen LogP contribution in [0.1, 0.15) is 18.5 Å². The maximum Gasteiger partial charge on any atom is 0.123 e. The minimum Gasteiger partial charge on any atom is -0.384 e. The first kappa shape index (κ1) is 11.7. The normalized spacial score (nSPS) is 12.1. The van der Waals surface area contributed by atoms with Crippen molar-refractivity contribution in [3.63, 3.8) is 0 Å². The Morgan fingerprint density at radius 3 is 2.47 bits per heavy atom. The fourth-order valence-corrected chi connectivity index (χ4v) is 1.70. The molecule has 2 rings (SSSR count). The first-order chi connectivity index (χ1) is 8.15. The van der Waals surface area contributed by atoms with Crippen LogP contribution in [0.25, 0.3) is 0 Å². The number of rotatable bonds is 3. The Hall–Kier alpha value is -1.74. The van der Waals surface area contributed by atoms with Gasteiger partial charge in [0.05, 0.1) is 11.9 Å². The Balaban J connectivity index is 2.08. The summed E-state index contributed by atoms with van der Waals surface area (Å²) >= 11 is 5.85. The van der Waals surface area contributed by atoms with Crippen LogP contribution in [0.2, 0.25) is 5.02 Å². The van der Waals surface area contributed by atoms with Crippen LogP contribution in [0.15, 0.2) is 42.6 Å². The summed E-state index contributed by atoms with van der Waals surface area (Å²) in [5.41, 5.74) is 7.65. The quantitative estimate of drug-likeness (QED) is 0.873. The molecule has 0 radical (unpaired) electrons. The van der Waals surface area contributed by atoms with Gasteiger partial charge in [-0.05, 0) is 36.8 Å². The number of benzene rings is 1. The molecule has 0 saturated carbocycles. The van der Waals surface area contributed by atoms with Crippen LogP contribution in [0.3, 0.4) is 0 Å². The third kappa shape index (κ3) is 3.11. The minimum atomic E-state index is 0.192. The molecule has 4 heteroatoms. The van der Waals surface area contributed by atoms with Gasteiger partial charge >= 0.3 is 0 Å². The number of nitrogens with one attached hydrogen (secondary N) is 1. The Kier molecular flexibility index (Phi) is 3.49. The molecule has 1 atom stereocenters. The number of pyridine rings is 1. The van der Waals surface area contributed by atoms with E-state index in [4.69, 9.17) is 17.3 Å². The van der Waals surface area contributed by atoms with Gasteiger partial charge in [-0.2, -0.15) is 0 Å². The average molecular weight is 248 g/mol. The zero-order valence-electron chi connectivity index (χ0n) is 9.52. The van der Waals surface area contributed by atoms with Crippen molar-refractivity contribution in [2.75, 3.05) is 11.1 Å². The minimum absolute atomic E-state index is 0.192. The van der Waals surface area contributed by atoms with Crippen molar-refractivity contribution < 1.29 is 0 Å². The Labute approximate surface area is 106 Å². The first-order valence-corrected chi connectivity index (χ1v) is 5.76. The van der Waals surface area contributed by atoms with Crippen LogP contribution >= 0.6 is 11.6 Å². The van der Waals surface area contributed by atoms with Gasteiger partial charge in [-0.1, -0.05) is 23.7 Å². The molecule has 3 nitrogen and oxygen atoms in total. The molecule has 1 aromatic heterocycles. The molecule has 0 saturated heterocycles. The maximum absolute atomic E-state index is 5.85. The zero-order valence-corrected chi connectivity index (χ0v) is 10.3. The molecule has 0 aliphatic heterocycles. The molecule has 3 N–H and O–H groups in total. The number of nitrogen functional groups attached to an aromatic ring is 1. The summed E-state index contributed by atoms with van der Waals surface area (Å²) in [5, 5.41) is 4.09. The van der Waals surface area contributed by atoms with Gasteiger partial charge < -0.3 is 11.1 Å². The lowest BCUT2D eigenvalue weighted by Crippen LogP contribution is -2.06. The van der Waals surface area contributed by atoms with Crippen molar-refractivity contribution >= 4 is 23.1 Å². The lowest BCUT2D eigenvalue weighted by atomic mass is 10.1. The van der Waals surface area contributed by atoms with E-state index in [2.05, 4.69) is 17.2 Å². The van der Waals surface area contributed by atoms with Crippen molar-refractivity contribution in [3.8, 4) is 0 Å². The second-order valence-corrected chi connectivity index (χ2v) is 4.33. The van der Waals surface area contributed by atoms with E-state index in [1.807, 2.05) is 30.3 Å². The molecule has 0 spiro atoms. The van der Waals surface area contributed by atoms with E-state index in [-0.39, 0.29) is 6.04 Å². The van der Waals surface area contributed by atoms with Gasteiger partial charge in [-0.3, -0.25) is 0 Å². The number of nitrogens with zero attached hydrogens (tertiary/aromatic N) is 1. The topological polar surface area (TPSA) is 50.9 Å². The summed E-state index contributed by atoms with van der Waals surface area (Å²) in [7, 11) is 0. The molecule has 0 aliphatic carbocycles. The van der Waals surface area contributed by atoms with Gasteiger partial charge in [0.2, 0.25) is 0 Å². The second kappa shape index (κ2) is 5.06. The van der Waals surface area contributed by atoms with Crippen LogP contribution in [0, 0.1) is 0 Å². The number of hydrogen-bond donors (Lipinski definition) is 2. The Bertz CT molecular complexity index is 479. The molecule has 0 aliphatic rings. The van der Waals surface area contributed by atoms with Crippen LogP contribution < -0.4 is 11.1 Å². The molecule has 1 unspecified atom stereocenters. The summed E-state index contributed by atoms with van der Waals surface area (Å²) in [6.45, 7) is 2.08. The summed E-state index contributed by atoms with van der Waals surface area (Å²) in [6.07, 6.45) is 1.72. The maximum atomic E-state index is 5.85. The third-order valence-electron chi connectivity index (χ3n) is 2.54. The monoisotopic (exact) mass is 247 g/mol. The van der Waals surface area contributed by atoms with Crippen molar-refractivity contribution in [2.24, 2.45) is 0 Å². The number of anilines is 2. The van der Waals surface area contributed by atoms with Crippen LogP contribution in [0.4, 0.5) is 11.5 Å². The lowest BCUT2D eigenvalue weighted by Gasteiger charge is -2.15. The van der Waals surface area contributed by atoms with Gasteiger partial charge in [0.25, 0.3) is 0 Å². The fourth-order valence-electron chi connectivity index (χ4n) is 1.58. The highest BCUT2D eigenvalue weighted by molar-refractivity contribution is 6.30. The summed E-state index contributed by atoms with van der Waals surface area (Å²) < 4.78 is 0. The molecular weight excluding hydrogens is 234 g/mol. The van der Waals surface area contributed by atoms with E-state index in [1.54, 1.807) is 12.3 Å². The number of nitrogens with two attached hydrogens (primary N) is 1. The summed E-state index contributed by atoms with van der Waals surface area (Å²) in [6, 6.07) is 11.7. The van der Waals surface area contributed by atoms with Crippen LogP contribution in [0.5, 0.6) is 0 Å². The molecule has 17 heavy (non-hydrogen) atoms. The predicted molar refractivity (Wildman–Crippen MR) is 72.1 cm³/mol. The van der Waals surface area contributed by atoms with Crippen LogP contribution in [-0.2, 0) is 0 Å². The molecule has 1 heterocycles. The Morgan fingerprint density at radius 1 is 1.18 bits per heavy atom. The van der Waals surface area contributed by atoms with Gasteiger partial charge in [0.15, 0.2) is 0 Å². The van der Waals surface area contributed by atoms with Crippen molar-refractivity contribution in [1.29, 1.82) is 0 Å². The molecule has 0 fully saturated rings.